The molecule has 1 amide bonds. The molecule has 0 saturated heterocycles. The molecule has 0 aliphatic carbocycles. The van der Waals surface area contributed by atoms with Crippen LogP contribution in [0.15, 0.2) is 60.7 Å². The van der Waals surface area contributed by atoms with Crippen LogP contribution in [0.2, 0.25) is 5.02 Å². The Labute approximate surface area is 172 Å². The summed E-state index contributed by atoms with van der Waals surface area (Å²) in [5.41, 5.74) is 3.53. The van der Waals surface area contributed by atoms with Crippen LogP contribution in [0.1, 0.15) is 16.7 Å². The van der Waals surface area contributed by atoms with Crippen molar-refractivity contribution in [2.24, 2.45) is 0 Å². The van der Waals surface area contributed by atoms with Gasteiger partial charge in [-0.2, -0.15) is 0 Å². The van der Waals surface area contributed by atoms with Crippen LogP contribution >= 0.6 is 11.6 Å². The number of methoxy groups -OCH3 is 1. The number of carbonyl (C=O) groups is 1. The summed E-state index contributed by atoms with van der Waals surface area (Å²) in [5.74, 6) is 0.276. The van der Waals surface area contributed by atoms with Crippen molar-refractivity contribution in [2.75, 3.05) is 12.4 Å². The number of rotatable bonds is 5. The van der Waals surface area contributed by atoms with E-state index in [1.807, 2.05) is 24.3 Å². The molecular formula is C23H17ClFNO3. The number of anilines is 1. The Morgan fingerprint density at radius 2 is 1.93 bits per heavy atom. The summed E-state index contributed by atoms with van der Waals surface area (Å²) in [6.07, 6.45) is 1.76. The smallest absolute Gasteiger partial charge is 0.256 e. The number of fused-ring (bicyclic) bond motifs is 1. The lowest BCUT2D eigenvalue weighted by Crippen LogP contribution is -2.03. The van der Waals surface area contributed by atoms with E-state index in [0.29, 0.717) is 33.2 Å². The van der Waals surface area contributed by atoms with Gasteiger partial charge in [0, 0.05) is 16.8 Å². The van der Waals surface area contributed by atoms with Crippen molar-refractivity contribution in [1.82, 2.24) is 0 Å². The fourth-order valence-corrected chi connectivity index (χ4v) is 3.47. The molecule has 6 heteroatoms. The van der Waals surface area contributed by atoms with E-state index < -0.39 is 0 Å². The van der Waals surface area contributed by atoms with Crippen LogP contribution in [-0.2, 0) is 11.4 Å². The van der Waals surface area contributed by atoms with Gasteiger partial charge in [0.15, 0.2) is 11.5 Å². The molecule has 4 nitrogen and oxygen atoms in total. The molecule has 0 saturated carbocycles. The number of halogens is 2. The minimum Gasteiger partial charge on any atom is -0.493 e. The molecule has 1 aliphatic heterocycles. The molecule has 4 rings (SSSR count). The Kier molecular flexibility index (Phi) is 5.23. The third-order valence-electron chi connectivity index (χ3n) is 4.55. The number of benzene rings is 3. The van der Waals surface area contributed by atoms with Crippen molar-refractivity contribution in [3.63, 3.8) is 0 Å². The average Bonchev–Trinajstić information content (AvgIpc) is 3.02. The molecule has 1 N–H and O–H groups in total. The van der Waals surface area contributed by atoms with Crippen molar-refractivity contribution >= 4 is 34.8 Å². The van der Waals surface area contributed by atoms with Crippen LogP contribution in [0.4, 0.5) is 10.1 Å². The van der Waals surface area contributed by atoms with Crippen molar-refractivity contribution in [3.05, 3.63) is 88.2 Å². The number of carbonyl (C=O) groups excluding carboxylic acids is 1. The van der Waals surface area contributed by atoms with E-state index in [1.165, 1.54) is 19.2 Å². The zero-order valence-electron chi connectivity index (χ0n) is 15.5. The van der Waals surface area contributed by atoms with Gasteiger partial charge in [0.2, 0.25) is 0 Å². The lowest BCUT2D eigenvalue weighted by Gasteiger charge is -2.14. The molecule has 3 aromatic rings. The topological polar surface area (TPSA) is 47.6 Å². The first-order valence-corrected chi connectivity index (χ1v) is 9.30. The maximum Gasteiger partial charge on any atom is 0.256 e. The Hall–Kier alpha value is -3.31. The van der Waals surface area contributed by atoms with E-state index in [9.17, 15) is 9.18 Å². The van der Waals surface area contributed by atoms with E-state index in [4.69, 9.17) is 21.1 Å². The molecule has 1 heterocycles. The quantitative estimate of drug-likeness (QED) is 0.561. The summed E-state index contributed by atoms with van der Waals surface area (Å²) in [6.45, 7) is 0.143. The Bertz CT molecular complexity index is 1130. The highest BCUT2D eigenvalue weighted by Gasteiger charge is 2.23. The third-order valence-corrected chi connectivity index (χ3v) is 4.83. The van der Waals surface area contributed by atoms with Gasteiger partial charge in [-0.05, 0) is 47.5 Å². The summed E-state index contributed by atoms with van der Waals surface area (Å²) in [5, 5.41) is 3.17. The Morgan fingerprint density at radius 1 is 1.10 bits per heavy atom. The standard InChI is InChI=1S/C23H17ClFNO3/c1-28-21-12-15(10-18-17-7-2-3-8-20(17)26-23(18)27)11-19(24)22(21)29-13-14-5-4-6-16(25)9-14/h2-12H,13H2,1H3,(H,26,27)/b18-10-. The molecule has 0 unspecified atom stereocenters. The van der Waals surface area contributed by atoms with Gasteiger partial charge in [0.1, 0.15) is 12.4 Å². The summed E-state index contributed by atoms with van der Waals surface area (Å²) in [4.78, 5) is 12.3. The largest absolute Gasteiger partial charge is 0.493 e. The van der Waals surface area contributed by atoms with E-state index in [2.05, 4.69) is 5.32 Å². The van der Waals surface area contributed by atoms with E-state index >= 15 is 0 Å². The summed E-state index contributed by atoms with van der Waals surface area (Å²) in [6, 6.07) is 17.1. The number of nitrogens with one attached hydrogen (secondary N) is 1. The number of amides is 1. The van der Waals surface area contributed by atoms with Crippen LogP contribution in [0.5, 0.6) is 11.5 Å². The van der Waals surface area contributed by atoms with Crippen molar-refractivity contribution in [1.29, 1.82) is 0 Å². The van der Waals surface area contributed by atoms with E-state index in [-0.39, 0.29) is 18.3 Å². The molecule has 0 radical (unpaired) electrons. The molecule has 29 heavy (non-hydrogen) atoms. The van der Waals surface area contributed by atoms with E-state index in [1.54, 1.807) is 30.3 Å². The molecule has 0 spiro atoms. The van der Waals surface area contributed by atoms with Gasteiger partial charge in [0.05, 0.1) is 12.1 Å². The highest BCUT2D eigenvalue weighted by Crippen LogP contribution is 2.39. The van der Waals surface area contributed by atoms with Gasteiger partial charge in [0.25, 0.3) is 5.91 Å². The molecule has 0 atom stereocenters. The number of ether oxygens (including phenoxy) is 2. The minimum atomic E-state index is -0.332. The van der Waals surface area contributed by atoms with Crippen molar-refractivity contribution < 1.29 is 18.7 Å². The van der Waals surface area contributed by atoms with Crippen LogP contribution in [0, 0.1) is 5.82 Å². The summed E-state index contributed by atoms with van der Waals surface area (Å²) < 4.78 is 24.6. The number of hydrogen-bond acceptors (Lipinski definition) is 3. The van der Waals surface area contributed by atoms with Gasteiger partial charge in [-0.25, -0.2) is 4.39 Å². The lowest BCUT2D eigenvalue weighted by atomic mass is 10.0. The molecule has 0 fully saturated rings. The normalized spacial score (nSPS) is 13.9. The van der Waals surface area contributed by atoms with Crippen molar-refractivity contribution in [2.45, 2.75) is 6.61 Å². The first kappa shape index (κ1) is 19.0. The third kappa shape index (κ3) is 3.96. The second-order valence-electron chi connectivity index (χ2n) is 6.51. The second-order valence-corrected chi connectivity index (χ2v) is 6.92. The second kappa shape index (κ2) is 7.97. The molecule has 146 valence electrons. The monoisotopic (exact) mass is 409 g/mol. The number of hydrogen-bond donors (Lipinski definition) is 1. The average molecular weight is 410 g/mol. The fraction of sp³-hybridized carbons (Fsp3) is 0.0870. The van der Waals surface area contributed by atoms with Crippen LogP contribution < -0.4 is 14.8 Å². The van der Waals surface area contributed by atoms with Crippen LogP contribution in [-0.4, -0.2) is 13.0 Å². The van der Waals surface area contributed by atoms with Gasteiger partial charge in [-0.3, -0.25) is 4.79 Å². The summed E-state index contributed by atoms with van der Waals surface area (Å²) in [7, 11) is 1.51. The Morgan fingerprint density at radius 3 is 2.72 bits per heavy atom. The highest BCUT2D eigenvalue weighted by molar-refractivity contribution is 6.35. The van der Waals surface area contributed by atoms with Gasteiger partial charge < -0.3 is 14.8 Å². The highest BCUT2D eigenvalue weighted by atomic mass is 35.5. The Balaban J connectivity index is 1.64. The first-order valence-electron chi connectivity index (χ1n) is 8.92. The maximum absolute atomic E-state index is 13.4. The van der Waals surface area contributed by atoms with E-state index in [0.717, 1.165) is 11.3 Å². The molecular weight excluding hydrogens is 393 g/mol. The zero-order chi connectivity index (χ0) is 20.4. The van der Waals surface area contributed by atoms with Crippen molar-refractivity contribution in [3.8, 4) is 11.5 Å². The fourth-order valence-electron chi connectivity index (χ4n) is 3.19. The van der Waals surface area contributed by atoms with Crippen LogP contribution in [0.3, 0.4) is 0 Å². The van der Waals surface area contributed by atoms with Gasteiger partial charge >= 0.3 is 0 Å². The van der Waals surface area contributed by atoms with Gasteiger partial charge in [-0.15, -0.1) is 0 Å². The minimum absolute atomic E-state index is 0.143. The predicted molar refractivity (Wildman–Crippen MR) is 112 cm³/mol. The molecule has 0 aromatic heterocycles. The zero-order valence-corrected chi connectivity index (χ0v) is 16.3. The molecule has 1 aliphatic rings. The molecule has 3 aromatic carbocycles. The number of para-hydroxylation sites is 1. The van der Waals surface area contributed by atoms with Gasteiger partial charge in [-0.1, -0.05) is 41.9 Å². The molecule has 0 bridgehead atoms. The maximum atomic E-state index is 13.4. The van der Waals surface area contributed by atoms with Crippen LogP contribution in [0.25, 0.3) is 11.6 Å². The predicted octanol–water partition coefficient (Wildman–Crippen LogP) is 5.56. The summed E-state index contributed by atoms with van der Waals surface area (Å²) >= 11 is 6.42. The lowest BCUT2D eigenvalue weighted by molar-refractivity contribution is -0.110. The first-order chi connectivity index (χ1) is 14.0. The SMILES string of the molecule is COc1cc(/C=C2\C(=O)Nc3ccccc32)cc(Cl)c1OCc1cccc(F)c1.